The zero-order valence-corrected chi connectivity index (χ0v) is 26.2. The Morgan fingerprint density at radius 1 is 1.14 bits per heavy atom. The van der Waals surface area contributed by atoms with E-state index in [-0.39, 0.29) is 0 Å². The summed E-state index contributed by atoms with van der Waals surface area (Å²) in [5.74, 6) is 0.483. The van der Waals surface area contributed by atoms with E-state index < -0.39 is 11.6 Å². The molecule has 1 aliphatic rings. The van der Waals surface area contributed by atoms with Gasteiger partial charge in [-0.2, -0.15) is 22.0 Å². The van der Waals surface area contributed by atoms with Gasteiger partial charge in [0.25, 0.3) is 0 Å². The van der Waals surface area contributed by atoms with Crippen molar-refractivity contribution in [2.75, 3.05) is 51.2 Å². The van der Waals surface area contributed by atoms with Crippen LogP contribution in [0.3, 0.4) is 0 Å². The van der Waals surface area contributed by atoms with Gasteiger partial charge in [0, 0.05) is 69.5 Å². The van der Waals surface area contributed by atoms with Crippen LogP contribution >= 0.6 is 11.8 Å². The topological polar surface area (TPSA) is 89.2 Å². The van der Waals surface area contributed by atoms with Gasteiger partial charge in [0.1, 0.15) is 11.5 Å². The Morgan fingerprint density at radius 2 is 1.81 bits per heavy atom. The summed E-state index contributed by atoms with van der Waals surface area (Å²) < 4.78 is 32.8. The third-order valence-electron chi connectivity index (χ3n) is 6.92. The van der Waals surface area contributed by atoms with Crippen LogP contribution in [0, 0.1) is 18.6 Å². The third-order valence-corrected chi connectivity index (χ3v) is 7.64. The lowest BCUT2D eigenvalue weighted by Crippen LogP contribution is -2.41. The summed E-state index contributed by atoms with van der Waals surface area (Å²) in [5.41, 5.74) is 4.13. The third kappa shape index (κ3) is 9.63. The van der Waals surface area contributed by atoms with Crippen molar-refractivity contribution in [2.45, 2.75) is 25.4 Å². The van der Waals surface area contributed by atoms with Crippen LogP contribution < -0.4 is 10.6 Å². The number of nitrogens with zero attached hydrogens (tertiary/aromatic N) is 5. The molecule has 3 heterocycles. The zero-order valence-electron chi connectivity index (χ0n) is 25.3. The molecule has 4 aromatic rings. The highest BCUT2D eigenvalue weighted by Gasteiger charge is 2.27. The molecule has 1 unspecified atom stereocenters. The number of aromatic nitrogens is 4. The molecule has 2 aromatic carbocycles. The molecule has 0 radical (unpaired) electrons. The number of amides is 1. The SMILES string of the molecule is CNc1c(C)c(-c2cnn(C)c2)nn1-c1ccccc1.COCC(CSC)N1CC[C@H](NC=O)C1.Fc1ccccc1F. The van der Waals surface area contributed by atoms with Crippen LogP contribution in [0.2, 0.25) is 0 Å². The lowest BCUT2D eigenvalue weighted by atomic mass is 10.1. The minimum atomic E-state index is -0.799. The lowest BCUT2D eigenvalue weighted by molar-refractivity contribution is -0.110. The van der Waals surface area contributed by atoms with E-state index in [4.69, 9.17) is 9.84 Å². The van der Waals surface area contributed by atoms with Gasteiger partial charge in [0.05, 0.1) is 18.5 Å². The minimum absolute atomic E-state index is 0.323. The van der Waals surface area contributed by atoms with Crippen LogP contribution in [-0.2, 0) is 16.6 Å². The molecule has 2 N–H and O–H groups in total. The van der Waals surface area contributed by atoms with E-state index in [1.165, 1.54) is 12.1 Å². The number of methoxy groups -OCH3 is 1. The van der Waals surface area contributed by atoms with E-state index in [0.717, 1.165) is 78.7 Å². The predicted molar refractivity (Wildman–Crippen MR) is 170 cm³/mol. The molecule has 9 nitrogen and oxygen atoms in total. The molecule has 0 bridgehead atoms. The number of ether oxygens (including phenoxy) is 1. The average Bonchev–Trinajstić information content (AvgIpc) is 3.74. The molecule has 1 saturated heterocycles. The van der Waals surface area contributed by atoms with Crippen molar-refractivity contribution >= 4 is 24.0 Å². The highest BCUT2D eigenvalue weighted by molar-refractivity contribution is 7.98. The molecule has 5 rings (SSSR count). The number of para-hydroxylation sites is 1. The van der Waals surface area contributed by atoms with Gasteiger partial charge in [-0.05, 0) is 43.9 Å². The molecular weight excluding hydrogens is 572 g/mol. The minimum Gasteiger partial charge on any atom is -0.383 e. The summed E-state index contributed by atoms with van der Waals surface area (Å²) in [6, 6.07) is 15.9. The first-order valence-electron chi connectivity index (χ1n) is 14.0. The smallest absolute Gasteiger partial charge is 0.207 e. The molecule has 12 heteroatoms. The van der Waals surface area contributed by atoms with Crippen molar-refractivity contribution in [3.63, 3.8) is 0 Å². The number of carbonyl (C=O) groups excluding carboxylic acids is 1. The zero-order chi connectivity index (χ0) is 31.2. The van der Waals surface area contributed by atoms with Crippen molar-refractivity contribution < 1.29 is 18.3 Å². The first kappa shape index (κ1) is 33.8. The van der Waals surface area contributed by atoms with Gasteiger partial charge < -0.3 is 15.4 Å². The van der Waals surface area contributed by atoms with Crippen LogP contribution in [-0.4, -0.2) is 88.8 Å². The van der Waals surface area contributed by atoms with Crippen molar-refractivity contribution in [1.82, 2.24) is 29.8 Å². The molecule has 232 valence electrons. The maximum atomic E-state index is 11.9. The summed E-state index contributed by atoms with van der Waals surface area (Å²) in [6.07, 6.45) is 7.77. The van der Waals surface area contributed by atoms with Crippen LogP contribution in [0.5, 0.6) is 0 Å². The second kappa shape index (κ2) is 17.4. The Bertz CT molecular complexity index is 1370. The fourth-order valence-electron chi connectivity index (χ4n) is 4.80. The van der Waals surface area contributed by atoms with E-state index in [1.807, 2.05) is 73.3 Å². The molecule has 2 aromatic heterocycles. The Labute approximate surface area is 256 Å². The van der Waals surface area contributed by atoms with E-state index >= 15 is 0 Å². The van der Waals surface area contributed by atoms with Gasteiger partial charge >= 0.3 is 0 Å². The number of rotatable bonds is 10. The molecule has 0 aliphatic carbocycles. The molecule has 0 saturated carbocycles. The van der Waals surface area contributed by atoms with Gasteiger partial charge in [-0.25, -0.2) is 13.5 Å². The molecule has 2 atom stereocenters. The Kier molecular flexibility index (Phi) is 13.7. The Morgan fingerprint density at radius 3 is 2.35 bits per heavy atom. The fraction of sp³-hybridized carbons (Fsp3) is 0.387. The second-order valence-electron chi connectivity index (χ2n) is 9.97. The van der Waals surface area contributed by atoms with E-state index in [9.17, 15) is 13.6 Å². The average molecular weight is 614 g/mol. The van der Waals surface area contributed by atoms with Crippen LogP contribution in [0.15, 0.2) is 67.0 Å². The summed E-state index contributed by atoms with van der Waals surface area (Å²) in [5, 5.41) is 15.0. The van der Waals surface area contributed by atoms with E-state index in [1.54, 1.807) is 11.8 Å². The van der Waals surface area contributed by atoms with Crippen molar-refractivity contribution in [3.8, 4) is 16.9 Å². The summed E-state index contributed by atoms with van der Waals surface area (Å²) in [4.78, 5) is 12.7. The maximum Gasteiger partial charge on any atom is 0.207 e. The van der Waals surface area contributed by atoms with Crippen molar-refractivity contribution in [2.24, 2.45) is 7.05 Å². The number of likely N-dealkylation sites (tertiary alicyclic amines) is 1. The summed E-state index contributed by atoms with van der Waals surface area (Å²) >= 11 is 1.84. The van der Waals surface area contributed by atoms with Gasteiger partial charge in [-0.15, -0.1) is 0 Å². The fourth-order valence-corrected chi connectivity index (χ4v) is 5.49. The second-order valence-corrected chi connectivity index (χ2v) is 10.9. The van der Waals surface area contributed by atoms with Gasteiger partial charge in [-0.3, -0.25) is 14.4 Å². The molecular formula is C31H41F2N7O2S. The van der Waals surface area contributed by atoms with Crippen molar-refractivity contribution in [1.29, 1.82) is 0 Å². The number of benzene rings is 2. The molecule has 1 fully saturated rings. The Balaban J connectivity index is 0.000000194. The highest BCUT2D eigenvalue weighted by Crippen LogP contribution is 2.29. The first-order chi connectivity index (χ1) is 20.8. The van der Waals surface area contributed by atoms with Gasteiger partial charge in [-0.1, -0.05) is 30.3 Å². The van der Waals surface area contributed by atoms with Crippen LogP contribution in [0.1, 0.15) is 12.0 Å². The summed E-state index contributed by atoms with van der Waals surface area (Å²) in [6.45, 7) is 4.85. The number of anilines is 1. The first-order valence-corrected chi connectivity index (χ1v) is 15.4. The molecule has 1 aliphatic heterocycles. The maximum absolute atomic E-state index is 11.9. The normalized spacial score (nSPS) is 15.1. The number of hydrogen-bond acceptors (Lipinski definition) is 7. The quantitative estimate of drug-likeness (QED) is 0.249. The Hall–Kier alpha value is -3.74. The van der Waals surface area contributed by atoms with Gasteiger partial charge in [0.2, 0.25) is 6.41 Å². The molecule has 43 heavy (non-hydrogen) atoms. The largest absolute Gasteiger partial charge is 0.383 e. The van der Waals surface area contributed by atoms with E-state index in [2.05, 4.69) is 33.8 Å². The monoisotopic (exact) mass is 613 g/mol. The summed E-state index contributed by atoms with van der Waals surface area (Å²) in [7, 11) is 5.56. The predicted octanol–water partition coefficient (Wildman–Crippen LogP) is 4.77. The standard InChI is InChI=1S/C15H17N5.C10H20N2O2S.C6H4F2/c1-11-14(12-9-17-19(3)10-12)18-20(15(11)16-2)13-7-5-4-6-8-13;1-14-6-10(7-15-2)12-4-3-9(5-12)11-8-13;7-5-3-1-2-4-6(5)8/h4-10,16H,1-3H3;8-10H,3-7H2,1-2H3,(H,11,13);1-4H/t;9-,10?;/m.0./s1. The van der Waals surface area contributed by atoms with Crippen LogP contribution in [0.4, 0.5) is 14.6 Å². The number of aryl methyl sites for hydroxylation is 1. The molecule has 0 spiro atoms. The van der Waals surface area contributed by atoms with E-state index in [0.29, 0.717) is 12.1 Å². The van der Waals surface area contributed by atoms with Crippen molar-refractivity contribution in [3.05, 3.63) is 84.2 Å². The number of hydrogen-bond donors (Lipinski definition) is 2. The number of nitrogens with one attached hydrogen (secondary N) is 2. The lowest BCUT2D eigenvalue weighted by Gasteiger charge is -2.26. The van der Waals surface area contributed by atoms with Crippen LogP contribution in [0.25, 0.3) is 16.9 Å². The van der Waals surface area contributed by atoms with Gasteiger partial charge in [0.15, 0.2) is 11.6 Å². The number of carbonyl (C=O) groups is 1. The number of halogens is 2. The highest BCUT2D eigenvalue weighted by atomic mass is 32.2. The molecule has 1 amide bonds. The number of thioether (sulfide) groups is 1.